The lowest BCUT2D eigenvalue weighted by atomic mass is 10.1. The molecule has 0 N–H and O–H groups in total. The molecule has 26 heavy (non-hydrogen) atoms. The first-order valence-corrected chi connectivity index (χ1v) is 10.7. The summed E-state index contributed by atoms with van der Waals surface area (Å²) in [6.45, 7) is 1.75. The fourth-order valence-corrected chi connectivity index (χ4v) is 4.53. The van der Waals surface area contributed by atoms with Gasteiger partial charge in [0.2, 0.25) is 0 Å². The van der Waals surface area contributed by atoms with Crippen LogP contribution in [0.5, 0.6) is 0 Å². The minimum absolute atomic E-state index is 0.169. The maximum absolute atomic E-state index is 12.5. The van der Waals surface area contributed by atoms with Crippen LogP contribution in [0.25, 0.3) is 0 Å². The van der Waals surface area contributed by atoms with Crippen LogP contribution in [0.3, 0.4) is 0 Å². The summed E-state index contributed by atoms with van der Waals surface area (Å²) in [4.78, 5) is 12.3. The Morgan fingerprint density at radius 2 is 1.81 bits per heavy atom. The highest BCUT2D eigenvalue weighted by molar-refractivity contribution is 7.91. The molecule has 0 fully saturated rings. The molecule has 1 aliphatic carbocycles. The number of hydrogen-bond acceptors (Lipinski definition) is 4. The molecule has 0 aromatic heterocycles. The van der Waals surface area contributed by atoms with Crippen molar-refractivity contribution in [2.24, 2.45) is 0 Å². The third-order valence-electron chi connectivity index (χ3n) is 4.65. The normalized spacial score (nSPS) is 14.7. The number of halogens is 1. The molecule has 0 aliphatic heterocycles. The molecule has 3 rings (SSSR count). The van der Waals surface area contributed by atoms with E-state index in [2.05, 4.69) is 0 Å². The molecule has 0 heterocycles. The van der Waals surface area contributed by atoms with Gasteiger partial charge in [0.25, 0.3) is 0 Å². The van der Waals surface area contributed by atoms with Crippen molar-refractivity contribution in [2.45, 2.75) is 43.6 Å². The van der Waals surface area contributed by atoms with Gasteiger partial charge in [-0.25, -0.2) is 8.42 Å². The van der Waals surface area contributed by atoms with Gasteiger partial charge >= 0.3 is 5.97 Å². The number of esters is 1. The Bertz CT molecular complexity index is 904. The molecule has 6 heteroatoms. The van der Waals surface area contributed by atoms with Crippen molar-refractivity contribution in [3.05, 3.63) is 64.2 Å². The quantitative estimate of drug-likeness (QED) is 0.688. The summed E-state index contributed by atoms with van der Waals surface area (Å²) in [5.74, 6) is -0.782. The second-order valence-electron chi connectivity index (χ2n) is 6.54. The van der Waals surface area contributed by atoms with Gasteiger partial charge in [0.1, 0.15) is 6.10 Å². The number of hydrogen-bond donors (Lipinski definition) is 0. The lowest BCUT2D eigenvalue weighted by Crippen LogP contribution is -2.15. The van der Waals surface area contributed by atoms with E-state index >= 15 is 0 Å². The third kappa shape index (κ3) is 4.46. The zero-order valence-electron chi connectivity index (χ0n) is 14.6. The molecule has 0 spiro atoms. The van der Waals surface area contributed by atoms with E-state index in [1.54, 1.807) is 43.3 Å². The van der Waals surface area contributed by atoms with Crippen LogP contribution in [0, 0.1) is 0 Å². The van der Waals surface area contributed by atoms with Crippen LogP contribution in [0.2, 0.25) is 5.02 Å². The van der Waals surface area contributed by atoms with Crippen LogP contribution >= 0.6 is 11.6 Å². The monoisotopic (exact) mass is 392 g/mol. The van der Waals surface area contributed by atoms with Crippen molar-refractivity contribution in [3.63, 3.8) is 0 Å². The van der Waals surface area contributed by atoms with Gasteiger partial charge in [-0.2, -0.15) is 0 Å². The third-order valence-corrected chi connectivity index (χ3v) is 6.62. The summed E-state index contributed by atoms with van der Waals surface area (Å²) in [6, 6.07) is 12.3. The molecule has 0 amide bonds. The molecule has 0 saturated heterocycles. The summed E-state index contributed by atoms with van der Waals surface area (Å²) in [6.07, 6.45) is 2.36. The number of rotatable bonds is 6. The van der Waals surface area contributed by atoms with E-state index in [9.17, 15) is 13.2 Å². The smallest absolute Gasteiger partial charge is 0.307 e. The molecule has 0 radical (unpaired) electrons. The minimum atomic E-state index is -3.50. The van der Waals surface area contributed by atoms with Gasteiger partial charge in [-0.1, -0.05) is 29.8 Å². The van der Waals surface area contributed by atoms with Gasteiger partial charge < -0.3 is 4.74 Å². The van der Waals surface area contributed by atoms with Gasteiger partial charge in [0, 0.05) is 5.02 Å². The number of ether oxygens (including phenoxy) is 1. The topological polar surface area (TPSA) is 60.4 Å². The van der Waals surface area contributed by atoms with Crippen LogP contribution in [-0.4, -0.2) is 20.1 Å². The largest absolute Gasteiger partial charge is 0.458 e. The van der Waals surface area contributed by atoms with Crippen molar-refractivity contribution >= 4 is 27.4 Å². The summed E-state index contributed by atoms with van der Waals surface area (Å²) in [5.41, 5.74) is 3.13. The molecule has 0 bridgehead atoms. The lowest BCUT2D eigenvalue weighted by Gasteiger charge is -2.14. The molecule has 1 atom stereocenters. The molecule has 1 unspecified atom stereocenters. The maximum atomic E-state index is 12.5. The van der Waals surface area contributed by atoms with E-state index in [1.807, 2.05) is 6.07 Å². The van der Waals surface area contributed by atoms with E-state index in [0.717, 1.165) is 30.4 Å². The number of fused-ring (bicyclic) bond motifs is 1. The molecular weight excluding hydrogens is 372 g/mol. The summed E-state index contributed by atoms with van der Waals surface area (Å²) in [7, 11) is -3.50. The fourth-order valence-electron chi connectivity index (χ4n) is 3.14. The summed E-state index contributed by atoms with van der Waals surface area (Å²) in [5, 5.41) is 0.604. The van der Waals surface area contributed by atoms with E-state index in [0.29, 0.717) is 5.02 Å². The van der Waals surface area contributed by atoms with Crippen LogP contribution in [-0.2, 0) is 32.2 Å². The van der Waals surface area contributed by atoms with E-state index in [4.69, 9.17) is 16.3 Å². The zero-order valence-corrected chi connectivity index (χ0v) is 16.1. The Morgan fingerprint density at radius 1 is 1.12 bits per heavy atom. The van der Waals surface area contributed by atoms with Crippen LogP contribution < -0.4 is 0 Å². The van der Waals surface area contributed by atoms with Gasteiger partial charge in [-0.05, 0) is 67.1 Å². The highest BCUT2D eigenvalue weighted by Crippen LogP contribution is 2.26. The highest BCUT2D eigenvalue weighted by Gasteiger charge is 2.21. The van der Waals surface area contributed by atoms with Crippen molar-refractivity contribution in [3.8, 4) is 0 Å². The Hall–Kier alpha value is -1.85. The predicted octanol–water partition coefficient (Wildman–Crippen LogP) is 4.30. The summed E-state index contributed by atoms with van der Waals surface area (Å²) >= 11 is 5.84. The molecule has 4 nitrogen and oxygen atoms in total. The van der Waals surface area contributed by atoms with Crippen molar-refractivity contribution in [1.82, 2.24) is 0 Å². The molecule has 2 aromatic rings. The number of sulfone groups is 1. The van der Waals surface area contributed by atoms with Gasteiger partial charge in [-0.3, -0.25) is 4.79 Å². The predicted molar refractivity (Wildman–Crippen MR) is 101 cm³/mol. The fraction of sp³-hybridized carbons (Fsp3) is 0.350. The minimum Gasteiger partial charge on any atom is -0.458 e. The number of aryl methyl sites for hydroxylation is 2. The molecule has 138 valence electrons. The Morgan fingerprint density at radius 3 is 2.54 bits per heavy atom. The Balaban J connectivity index is 1.58. The number of carbonyl (C=O) groups is 1. The van der Waals surface area contributed by atoms with Gasteiger partial charge in [-0.15, -0.1) is 0 Å². The first-order chi connectivity index (χ1) is 12.3. The number of benzene rings is 2. The standard InChI is InChI=1S/C20H21ClO4S/c1-14(15-5-8-18(21)9-6-15)25-20(22)11-12-26(23,24)19-10-7-16-3-2-4-17(16)13-19/h5-10,13-14H,2-4,11-12H2,1H3. The summed E-state index contributed by atoms with van der Waals surface area (Å²) < 4.78 is 30.3. The van der Waals surface area contributed by atoms with Crippen LogP contribution in [0.4, 0.5) is 0 Å². The second-order valence-corrected chi connectivity index (χ2v) is 9.08. The molecule has 0 saturated carbocycles. The van der Waals surface area contributed by atoms with Crippen LogP contribution in [0.1, 0.15) is 42.6 Å². The van der Waals surface area contributed by atoms with Crippen molar-refractivity contribution < 1.29 is 17.9 Å². The first-order valence-electron chi connectivity index (χ1n) is 8.65. The SMILES string of the molecule is CC(OC(=O)CCS(=O)(=O)c1ccc2c(c1)CCC2)c1ccc(Cl)cc1. The van der Waals surface area contributed by atoms with Crippen LogP contribution in [0.15, 0.2) is 47.4 Å². The van der Waals surface area contributed by atoms with E-state index in [-0.39, 0.29) is 17.1 Å². The average molecular weight is 393 g/mol. The van der Waals surface area contributed by atoms with E-state index in [1.165, 1.54) is 5.56 Å². The van der Waals surface area contributed by atoms with Crippen molar-refractivity contribution in [2.75, 3.05) is 5.75 Å². The van der Waals surface area contributed by atoms with E-state index < -0.39 is 21.9 Å². The average Bonchev–Trinajstić information content (AvgIpc) is 3.08. The maximum Gasteiger partial charge on any atom is 0.307 e. The lowest BCUT2D eigenvalue weighted by molar-refractivity contribution is -0.148. The second kappa shape index (κ2) is 7.80. The van der Waals surface area contributed by atoms with Gasteiger partial charge in [0.15, 0.2) is 9.84 Å². The molecule has 2 aromatic carbocycles. The molecule has 1 aliphatic rings. The number of carbonyl (C=O) groups excluding carboxylic acids is 1. The van der Waals surface area contributed by atoms with Gasteiger partial charge in [0.05, 0.1) is 17.1 Å². The molecular formula is C20H21ClO4S. The zero-order chi connectivity index (χ0) is 18.7. The highest BCUT2D eigenvalue weighted by atomic mass is 35.5. The van der Waals surface area contributed by atoms with Crippen molar-refractivity contribution in [1.29, 1.82) is 0 Å². The Labute approximate surface area is 159 Å². The Kier molecular flexibility index (Phi) is 5.68. The first kappa shape index (κ1) is 18.9.